The van der Waals surface area contributed by atoms with Crippen LogP contribution in [0.1, 0.15) is 0 Å². The van der Waals surface area contributed by atoms with Crippen LogP contribution in [0.25, 0.3) is 22.2 Å². The number of imidazole rings is 1. The van der Waals surface area contributed by atoms with Gasteiger partial charge in [-0.1, -0.05) is 12.1 Å². The third-order valence-electron chi connectivity index (χ3n) is 5.33. The van der Waals surface area contributed by atoms with Gasteiger partial charge in [-0.05, 0) is 23.8 Å². The molecule has 0 saturated carbocycles. The fourth-order valence-electron chi connectivity index (χ4n) is 3.69. The first-order chi connectivity index (χ1) is 15.6. The van der Waals surface area contributed by atoms with Gasteiger partial charge >= 0.3 is 0 Å². The van der Waals surface area contributed by atoms with Crippen molar-refractivity contribution in [3.63, 3.8) is 0 Å². The maximum absolute atomic E-state index is 9.25. The summed E-state index contributed by atoms with van der Waals surface area (Å²) in [5.74, 6) is 1.26. The zero-order valence-corrected chi connectivity index (χ0v) is 17.8. The Morgan fingerprint density at radius 2 is 2.00 bits per heavy atom. The Balaban J connectivity index is 1.48. The van der Waals surface area contributed by atoms with E-state index in [1.54, 1.807) is 10.9 Å². The highest BCUT2D eigenvalue weighted by atomic mass is 16.3. The molecule has 0 fully saturated rings. The van der Waals surface area contributed by atoms with E-state index in [0.29, 0.717) is 18.3 Å². The number of aliphatic hydroxyl groups is 1. The minimum atomic E-state index is 0.0313. The molecule has 10 heteroatoms. The Bertz CT molecular complexity index is 1370. The van der Waals surface area contributed by atoms with Gasteiger partial charge in [0.2, 0.25) is 5.95 Å². The average molecular weight is 429 g/mol. The Morgan fingerprint density at radius 3 is 2.81 bits per heavy atom. The van der Waals surface area contributed by atoms with E-state index in [-0.39, 0.29) is 6.61 Å². The van der Waals surface area contributed by atoms with Crippen LogP contribution in [0.2, 0.25) is 0 Å². The number of hydrogen-bond acceptors (Lipinski definition) is 7. The van der Waals surface area contributed by atoms with Crippen molar-refractivity contribution in [2.24, 2.45) is 7.05 Å². The van der Waals surface area contributed by atoms with Crippen molar-refractivity contribution < 1.29 is 5.11 Å². The lowest BCUT2D eigenvalue weighted by atomic mass is 10.1. The molecule has 0 atom stereocenters. The SMILES string of the molecule is CN(c1cccc(-c2cnn(C)c2)c1)n1ccc2c(Nc3nccn3CCO)ncnc21. The minimum Gasteiger partial charge on any atom is -0.395 e. The summed E-state index contributed by atoms with van der Waals surface area (Å²) < 4.78 is 5.61. The van der Waals surface area contributed by atoms with Crippen LogP contribution in [0.15, 0.2) is 67.6 Å². The second-order valence-electron chi connectivity index (χ2n) is 7.39. The molecule has 5 rings (SSSR count). The zero-order valence-electron chi connectivity index (χ0n) is 17.8. The molecular weight excluding hydrogens is 406 g/mol. The summed E-state index contributed by atoms with van der Waals surface area (Å²) in [5, 5.41) is 19.7. The maximum atomic E-state index is 9.25. The van der Waals surface area contributed by atoms with Crippen LogP contribution in [0, 0.1) is 0 Å². The number of aromatic nitrogens is 7. The first-order valence-corrected chi connectivity index (χ1v) is 10.2. The second kappa shape index (κ2) is 8.16. The summed E-state index contributed by atoms with van der Waals surface area (Å²) in [6, 6.07) is 10.2. The van der Waals surface area contributed by atoms with Gasteiger partial charge in [0.25, 0.3) is 0 Å². The van der Waals surface area contributed by atoms with Gasteiger partial charge in [0.15, 0.2) is 5.65 Å². The molecule has 4 aromatic heterocycles. The third-order valence-corrected chi connectivity index (χ3v) is 5.33. The number of rotatable bonds is 7. The number of fused-ring (bicyclic) bond motifs is 1. The Labute approximate surface area is 184 Å². The Hall–Kier alpha value is -4.18. The number of anilines is 3. The largest absolute Gasteiger partial charge is 0.395 e. The highest BCUT2D eigenvalue weighted by molar-refractivity contribution is 5.89. The topological polar surface area (TPSA) is 102 Å². The van der Waals surface area contributed by atoms with Crippen LogP contribution in [0.4, 0.5) is 17.5 Å². The van der Waals surface area contributed by atoms with E-state index in [1.807, 2.05) is 65.3 Å². The monoisotopic (exact) mass is 429 g/mol. The maximum Gasteiger partial charge on any atom is 0.208 e. The average Bonchev–Trinajstić information content (AvgIpc) is 3.54. The zero-order chi connectivity index (χ0) is 22.1. The van der Waals surface area contributed by atoms with Crippen molar-refractivity contribution in [3.8, 4) is 11.1 Å². The van der Waals surface area contributed by atoms with Gasteiger partial charge in [0, 0.05) is 51.0 Å². The number of nitrogens with one attached hydrogen (secondary N) is 1. The van der Waals surface area contributed by atoms with Crippen molar-refractivity contribution >= 4 is 28.5 Å². The minimum absolute atomic E-state index is 0.0313. The summed E-state index contributed by atoms with van der Waals surface area (Å²) in [5.41, 5.74) is 3.92. The van der Waals surface area contributed by atoms with Crippen LogP contribution in [0.3, 0.4) is 0 Å². The normalized spacial score (nSPS) is 11.2. The number of aryl methyl sites for hydroxylation is 1. The molecule has 4 heterocycles. The smallest absolute Gasteiger partial charge is 0.208 e. The summed E-state index contributed by atoms with van der Waals surface area (Å²) in [6.45, 7) is 0.483. The molecule has 10 nitrogen and oxygen atoms in total. The summed E-state index contributed by atoms with van der Waals surface area (Å²) in [7, 11) is 3.90. The van der Waals surface area contributed by atoms with Gasteiger partial charge in [0.05, 0.1) is 23.9 Å². The lowest BCUT2D eigenvalue weighted by molar-refractivity contribution is 0.277. The lowest BCUT2D eigenvalue weighted by Gasteiger charge is -2.22. The van der Waals surface area contributed by atoms with Gasteiger partial charge < -0.3 is 15.0 Å². The summed E-state index contributed by atoms with van der Waals surface area (Å²) in [4.78, 5) is 13.2. The van der Waals surface area contributed by atoms with Crippen LogP contribution >= 0.6 is 0 Å². The molecule has 0 aliphatic carbocycles. The molecule has 0 radical (unpaired) electrons. The van der Waals surface area contributed by atoms with Crippen molar-refractivity contribution in [2.75, 3.05) is 24.0 Å². The molecule has 5 aromatic rings. The fraction of sp³-hybridized carbons (Fsp3) is 0.182. The van der Waals surface area contributed by atoms with E-state index in [4.69, 9.17) is 0 Å². The van der Waals surface area contributed by atoms with Gasteiger partial charge in [-0.2, -0.15) is 5.10 Å². The Kier molecular flexibility index (Phi) is 5.04. The van der Waals surface area contributed by atoms with Crippen LogP contribution < -0.4 is 10.3 Å². The van der Waals surface area contributed by atoms with Crippen molar-refractivity contribution in [3.05, 3.63) is 67.6 Å². The quantitative estimate of drug-likeness (QED) is 0.410. The van der Waals surface area contributed by atoms with Crippen LogP contribution in [0.5, 0.6) is 0 Å². The number of aliphatic hydroxyl groups excluding tert-OH is 1. The van der Waals surface area contributed by atoms with Gasteiger partial charge in [0.1, 0.15) is 12.1 Å². The van der Waals surface area contributed by atoms with Crippen LogP contribution in [-0.4, -0.2) is 52.7 Å². The second-order valence-corrected chi connectivity index (χ2v) is 7.39. The first-order valence-electron chi connectivity index (χ1n) is 10.2. The highest BCUT2D eigenvalue weighted by Gasteiger charge is 2.14. The third kappa shape index (κ3) is 3.56. The molecule has 1 aromatic carbocycles. The molecular formula is C22H23N9O. The molecule has 2 N–H and O–H groups in total. The van der Waals surface area contributed by atoms with E-state index in [9.17, 15) is 5.11 Å². The van der Waals surface area contributed by atoms with E-state index < -0.39 is 0 Å². The molecule has 0 spiro atoms. The molecule has 0 amide bonds. The molecule has 0 bridgehead atoms. The van der Waals surface area contributed by atoms with E-state index in [2.05, 4.69) is 43.6 Å². The van der Waals surface area contributed by atoms with Gasteiger partial charge in [-0.25, -0.2) is 19.6 Å². The van der Waals surface area contributed by atoms with E-state index in [0.717, 1.165) is 27.8 Å². The highest BCUT2D eigenvalue weighted by Crippen LogP contribution is 2.27. The molecule has 0 aliphatic rings. The standard InChI is InChI=1S/C22H23N9O/c1-28-14-17(13-26-28)16-4-3-5-18(12-16)29(2)31-8-6-19-20(24-15-25-21(19)31)27-22-23-7-9-30(22)10-11-32/h3-9,12-15,32H,10-11H2,1-2H3,(H,23,24,25,27). The predicted molar refractivity (Wildman–Crippen MR) is 123 cm³/mol. The van der Waals surface area contributed by atoms with E-state index >= 15 is 0 Å². The molecule has 32 heavy (non-hydrogen) atoms. The predicted octanol–water partition coefficient (Wildman–Crippen LogP) is 2.66. The van der Waals surface area contributed by atoms with E-state index in [1.165, 1.54) is 6.33 Å². The Morgan fingerprint density at radius 1 is 1.09 bits per heavy atom. The number of benzene rings is 1. The van der Waals surface area contributed by atoms with Crippen molar-refractivity contribution in [1.29, 1.82) is 0 Å². The van der Waals surface area contributed by atoms with Gasteiger partial charge in [-0.3, -0.25) is 9.69 Å². The summed E-state index contributed by atoms with van der Waals surface area (Å²) >= 11 is 0. The molecule has 162 valence electrons. The lowest BCUT2D eigenvalue weighted by Crippen LogP contribution is -2.23. The van der Waals surface area contributed by atoms with Crippen molar-refractivity contribution in [2.45, 2.75) is 6.54 Å². The van der Waals surface area contributed by atoms with Crippen LogP contribution in [-0.2, 0) is 13.6 Å². The fourth-order valence-corrected chi connectivity index (χ4v) is 3.69. The number of hydrogen-bond donors (Lipinski definition) is 2. The van der Waals surface area contributed by atoms with Crippen molar-refractivity contribution in [1.82, 2.24) is 34.0 Å². The summed E-state index contributed by atoms with van der Waals surface area (Å²) in [6.07, 6.45) is 10.8. The molecule has 0 saturated heterocycles. The molecule has 0 unspecified atom stereocenters. The number of nitrogens with zero attached hydrogens (tertiary/aromatic N) is 8. The molecule has 0 aliphatic heterocycles. The van der Waals surface area contributed by atoms with Gasteiger partial charge in [-0.15, -0.1) is 0 Å². The first kappa shape index (κ1) is 19.8.